The van der Waals surface area contributed by atoms with Gasteiger partial charge in [-0.2, -0.15) is 0 Å². The predicted octanol–water partition coefficient (Wildman–Crippen LogP) is 3.17. The summed E-state index contributed by atoms with van der Waals surface area (Å²) in [5.41, 5.74) is 0.996. The topological polar surface area (TPSA) is 41.5 Å². The highest BCUT2D eigenvalue weighted by Crippen LogP contribution is 2.29. The van der Waals surface area contributed by atoms with E-state index in [1.54, 1.807) is 7.11 Å². The highest BCUT2D eigenvalue weighted by molar-refractivity contribution is 9.10. The number of anilines is 1. The van der Waals surface area contributed by atoms with Gasteiger partial charge in [-0.1, -0.05) is 12.8 Å². The highest BCUT2D eigenvalue weighted by Gasteiger charge is 2.22. The predicted molar refractivity (Wildman–Crippen MR) is 72.6 cm³/mol. The quantitative estimate of drug-likeness (QED) is 0.901. The molecular weight excluding hydrogens is 282 g/mol. The number of benzene rings is 1. The number of halogens is 1. The van der Waals surface area contributed by atoms with E-state index in [4.69, 9.17) is 4.74 Å². The summed E-state index contributed by atoms with van der Waals surface area (Å²) in [6.45, 7) is 0. The van der Waals surface area contributed by atoms with E-state index in [1.165, 1.54) is 6.42 Å². The molecule has 0 aromatic heterocycles. The number of rotatable bonds is 3. The van der Waals surface area contributed by atoms with Gasteiger partial charge in [-0.05, 0) is 40.9 Å². The molecule has 2 N–H and O–H groups in total. The largest absolute Gasteiger partial charge is 0.495 e. The van der Waals surface area contributed by atoms with Crippen LogP contribution in [0.1, 0.15) is 25.7 Å². The van der Waals surface area contributed by atoms with E-state index in [0.29, 0.717) is 0 Å². The van der Waals surface area contributed by atoms with Gasteiger partial charge >= 0.3 is 0 Å². The summed E-state index contributed by atoms with van der Waals surface area (Å²) in [5.74, 6) is 0.806. The molecule has 0 radical (unpaired) electrons. The number of nitrogens with one attached hydrogen (secondary N) is 1. The summed E-state index contributed by atoms with van der Waals surface area (Å²) >= 11 is 3.43. The Balaban J connectivity index is 2.07. The minimum Gasteiger partial charge on any atom is -0.495 e. The maximum atomic E-state index is 9.91. The second kappa shape index (κ2) is 5.74. The molecule has 0 spiro atoms. The van der Waals surface area contributed by atoms with Crippen LogP contribution in [0, 0.1) is 0 Å². The lowest BCUT2D eigenvalue weighted by Crippen LogP contribution is -2.36. The molecule has 17 heavy (non-hydrogen) atoms. The first-order chi connectivity index (χ1) is 8.20. The Bertz CT molecular complexity index is 384. The SMILES string of the molecule is COc1cc(NC2CCCCC2O)ccc1Br. The Labute approximate surface area is 110 Å². The van der Waals surface area contributed by atoms with E-state index in [9.17, 15) is 5.11 Å². The number of ether oxygens (including phenoxy) is 1. The fraction of sp³-hybridized carbons (Fsp3) is 0.538. The van der Waals surface area contributed by atoms with Crippen LogP contribution in [0.15, 0.2) is 22.7 Å². The number of hydrogen-bond donors (Lipinski definition) is 2. The molecular formula is C13H18BrNO2. The number of aliphatic hydroxyl groups is 1. The van der Waals surface area contributed by atoms with Gasteiger partial charge in [-0.25, -0.2) is 0 Å². The fourth-order valence-corrected chi connectivity index (χ4v) is 2.65. The molecule has 2 atom stereocenters. The normalized spacial score (nSPS) is 24.4. The lowest BCUT2D eigenvalue weighted by Gasteiger charge is -2.29. The van der Waals surface area contributed by atoms with Crippen molar-refractivity contribution in [3.63, 3.8) is 0 Å². The van der Waals surface area contributed by atoms with Gasteiger partial charge in [0.1, 0.15) is 5.75 Å². The minimum atomic E-state index is -0.238. The van der Waals surface area contributed by atoms with Crippen LogP contribution in [0.4, 0.5) is 5.69 Å². The maximum absolute atomic E-state index is 9.91. The van der Waals surface area contributed by atoms with Gasteiger partial charge in [0.05, 0.1) is 23.7 Å². The van der Waals surface area contributed by atoms with E-state index < -0.39 is 0 Å². The Morgan fingerprint density at radius 2 is 2.12 bits per heavy atom. The van der Waals surface area contributed by atoms with Gasteiger partial charge in [0.25, 0.3) is 0 Å². The zero-order valence-electron chi connectivity index (χ0n) is 9.95. The van der Waals surface area contributed by atoms with Crippen molar-refractivity contribution in [2.75, 3.05) is 12.4 Å². The molecule has 0 bridgehead atoms. The third-order valence-corrected chi connectivity index (χ3v) is 3.89. The molecule has 1 aliphatic rings. The smallest absolute Gasteiger partial charge is 0.135 e. The summed E-state index contributed by atoms with van der Waals surface area (Å²) in [5, 5.41) is 13.3. The van der Waals surface area contributed by atoms with E-state index in [0.717, 1.165) is 35.2 Å². The van der Waals surface area contributed by atoms with E-state index in [1.807, 2.05) is 18.2 Å². The van der Waals surface area contributed by atoms with Crippen LogP contribution in [0.5, 0.6) is 5.75 Å². The van der Waals surface area contributed by atoms with Crippen molar-refractivity contribution in [1.82, 2.24) is 0 Å². The van der Waals surface area contributed by atoms with Gasteiger partial charge in [0, 0.05) is 11.8 Å². The average Bonchev–Trinajstić information content (AvgIpc) is 2.34. The lowest BCUT2D eigenvalue weighted by molar-refractivity contribution is 0.116. The molecule has 4 heteroatoms. The van der Waals surface area contributed by atoms with Gasteiger partial charge in [-0.3, -0.25) is 0 Å². The average molecular weight is 300 g/mol. The van der Waals surface area contributed by atoms with Crippen LogP contribution in [-0.2, 0) is 0 Å². The molecule has 0 aliphatic heterocycles. The first-order valence-electron chi connectivity index (χ1n) is 5.99. The molecule has 1 saturated carbocycles. The molecule has 2 unspecified atom stereocenters. The Morgan fingerprint density at radius 3 is 2.82 bits per heavy atom. The van der Waals surface area contributed by atoms with Crippen molar-refractivity contribution in [3.05, 3.63) is 22.7 Å². The standard InChI is InChI=1S/C13H18BrNO2/c1-17-13-8-9(6-7-10(13)14)15-11-4-2-3-5-12(11)16/h6-8,11-12,15-16H,2-5H2,1H3. The Kier molecular flexibility index (Phi) is 4.29. The van der Waals surface area contributed by atoms with Crippen LogP contribution in [-0.4, -0.2) is 24.4 Å². The van der Waals surface area contributed by atoms with Crippen LogP contribution in [0.2, 0.25) is 0 Å². The maximum Gasteiger partial charge on any atom is 0.135 e. The monoisotopic (exact) mass is 299 g/mol. The minimum absolute atomic E-state index is 0.162. The molecule has 3 nitrogen and oxygen atoms in total. The second-order valence-electron chi connectivity index (χ2n) is 4.45. The highest BCUT2D eigenvalue weighted by atomic mass is 79.9. The lowest BCUT2D eigenvalue weighted by atomic mass is 9.92. The number of methoxy groups -OCH3 is 1. The van der Waals surface area contributed by atoms with E-state index in [-0.39, 0.29) is 12.1 Å². The summed E-state index contributed by atoms with van der Waals surface area (Å²) in [4.78, 5) is 0. The fourth-order valence-electron chi connectivity index (χ4n) is 2.24. The summed E-state index contributed by atoms with van der Waals surface area (Å²) < 4.78 is 6.19. The van der Waals surface area contributed by atoms with Crippen molar-refractivity contribution in [1.29, 1.82) is 0 Å². The summed E-state index contributed by atoms with van der Waals surface area (Å²) in [7, 11) is 1.65. The number of aliphatic hydroxyl groups excluding tert-OH is 1. The molecule has 2 rings (SSSR count). The zero-order valence-corrected chi connectivity index (χ0v) is 11.5. The van der Waals surface area contributed by atoms with Crippen molar-refractivity contribution < 1.29 is 9.84 Å². The molecule has 1 aromatic carbocycles. The molecule has 0 saturated heterocycles. The summed E-state index contributed by atoms with van der Waals surface area (Å²) in [6.07, 6.45) is 3.99. The van der Waals surface area contributed by atoms with Gasteiger partial charge in [0.15, 0.2) is 0 Å². The van der Waals surface area contributed by atoms with Crippen molar-refractivity contribution >= 4 is 21.6 Å². The molecule has 94 valence electrons. The third kappa shape index (κ3) is 3.13. The summed E-state index contributed by atoms with van der Waals surface area (Å²) in [6, 6.07) is 6.06. The van der Waals surface area contributed by atoms with E-state index >= 15 is 0 Å². The van der Waals surface area contributed by atoms with Crippen molar-refractivity contribution in [3.8, 4) is 5.75 Å². The third-order valence-electron chi connectivity index (χ3n) is 3.23. The molecule has 0 amide bonds. The first kappa shape index (κ1) is 12.7. The van der Waals surface area contributed by atoms with Gasteiger partial charge < -0.3 is 15.2 Å². The van der Waals surface area contributed by atoms with Crippen LogP contribution in [0.25, 0.3) is 0 Å². The second-order valence-corrected chi connectivity index (χ2v) is 5.31. The number of hydrogen-bond acceptors (Lipinski definition) is 3. The van der Waals surface area contributed by atoms with Crippen molar-refractivity contribution in [2.24, 2.45) is 0 Å². The zero-order chi connectivity index (χ0) is 12.3. The van der Waals surface area contributed by atoms with Gasteiger partial charge in [-0.15, -0.1) is 0 Å². The molecule has 1 aromatic rings. The molecule has 1 fully saturated rings. The van der Waals surface area contributed by atoms with Crippen LogP contribution >= 0.6 is 15.9 Å². The molecule has 1 aliphatic carbocycles. The van der Waals surface area contributed by atoms with E-state index in [2.05, 4.69) is 21.2 Å². The Hall–Kier alpha value is -0.740. The van der Waals surface area contributed by atoms with Crippen LogP contribution < -0.4 is 10.1 Å². The van der Waals surface area contributed by atoms with Gasteiger partial charge in [0.2, 0.25) is 0 Å². The van der Waals surface area contributed by atoms with Crippen LogP contribution in [0.3, 0.4) is 0 Å². The Morgan fingerprint density at radius 1 is 1.35 bits per heavy atom. The van der Waals surface area contributed by atoms with Crippen molar-refractivity contribution in [2.45, 2.75) is 37.8 Å². The first-order valence-corrected chi connectivity index (χ1v) is 6.78. The molecule has 0 heterocycles.